The number of methoxy groups -OCH3 is 2. The zero-order valence-corrected chi connectivity index (χ0v) is 15.6. The molecule has 130 valence electrons. The molecule has 0 bridgehead atoms. The lowest BCUT2D eigenvalue weighted by atomic mass is 10.1. The fourth-order valence-electron chi connectivity index (χ4n) is 1.84. The van der Waals surface area contributed by atoms with E-state index in [0.29, 0.717) is 41.3 Å². The Hall–Kier alpha value is -2.04. The summed E-state index contributed by atoms with van der Waals surface area (Å²) in [5.41, 5.74) is 0.656. The predicted octanol–water partition coefficient (Wildman–Crippen LogP) is 2.92. The van der Waals surface area contributed by atoms with Gasteiger partial charge in [-0.3, -0.25) is 4.79 Å². The molecule has 6 nitrogen and oxygen atoms in total. The van der Waals surface area contributed by atoms with E-state index in [-0.39, 0.29) is 5.57 Å². The standard InChI is InChI=1S/C17H21BrN2O4/c1-4-6-24-16-14(18)9-12(10-15(16)23-3)8-13(11-19)17(21)20-5-7-22-2/h8-10H,4-7H2,1-3H3,(H,20,21)/b13-8+. The van der Waals surface area contributed by atoms with Gasteiger partial charge in [-0.1, -0.05) is 6.92 Å². The average Bonchev–Trinajstić information content (AvgIpc) is 2.58. The van der Waals surface area contributed by atoms with Crippen molar-refractivity contribution in [2.24, 2.45) is 0 Å². The van der Waals surface area contributed by atoms with Crippen molar-refractivity contribution in [3.8, 4) is 17.6 Å². The van der Waals surface area contributed by atoms with Crippen LogP contribution in [0, 0.1) is 11.3 Å². The number of hydrogen-bond donors (Lipinski definition) is 1. The maximum Gasteiger partial charge on any atom is 0.262 e. The molecule has 0 saturated heterocycles. The van der Waals surface area contributed by atoms with Gasteiger partial charge in [0.05, 0.1) is 24.8 Å². The molecule has 0 saturated carbocycles. The van der Waals surface area contributed by atoms with E-state index in [1.165, 1.54) is 13.2 Å². The first-order chi connectivity index (χ1) is 11.6. The second kappa shape index (κ2) is 10.7. The van der Waals surface area contributed by atoms with Crippen molar-refractivity contribution < 1.29 is 19.0 Å². The van der Waals surface area contributed by atoms with Crippen LogP contribution in [-0.4, -0.2) is 39.9 Å². The number of nitrogens with one attached hydrogen (secondary N) is 1. The summed E-state index contributed by atoms with van der Waals surface area (Å²) in [6.45, 7) is 3.30. The van der Waals surface area contributed by atoms with E-state index in [2.05, 4.69) is 21.2 Å². The number of amides is 1. The number of benzene rings is 1. The molecule has 1 amide bonds. The first kappa shape index (κ1) is 20.0. The minimum atomic E-state index is -0.448. The van der Waals surface area contributed by atoms with Crippen LogP contribution in [0.4, 0.5) is 0 Å². The fourth-order valence-corrected chi connectivity index (χ4v) is 2.42. The zero-order valence-electron chi connectivity index (χ0n) is 14.0. The summed E-state index contributed by atoms with van der Waals surface area (Å²) in [5, 5.41) is 11.8. The topological polar surface area (TPSA) is 80.6 Å². The van der Waals surface area contributed by atoms with Crippen LogP contribution >= 0.6 is 15.9 Å². The Morgan fingerprint density at radius 3 is 2.71 bits per heavy atom. The van der Waals surface area contributed by atoms with Crippen molar-refractivity contribution in [3.05, 3.63) is 27.7 Å². The highest BCUT2D eigenvalue weighted by Gasteiger charge is 2.13. The lowest BCUT2D eigenvalue weighted by molar-refractivity contribution is -0.117. The van der Waals surface area contributed by atoms with Crippen LogP contribution in [0.1, 0.15) is 18.9 Å². The van der Waals surface area contributed by atoms with Gasteiger partial charge in [0.15, 0.2) is 11.5 Å². The molecule has 0 unspecified atom stereocenters. The van der Waals surface area contributed by atoms with Gasteiger partial charge in [-0.2, -0.15) is 5.26 Å². The highest BCUT2D eigenvalue weighted by molar-refractivity contribution is 9.10. The molecule has 0 aromatic heterocycles. The second-order valence-corrected chi connectivity index (χ2v) is 5.66. The Kier molecular flexibility index (Phi) is 8.90. The van der Waals surface area contributed by atoms with Crippen molar-refractivity contribution >= 4 is 27.9 Å². The van der Waals surface area contributed by atoms with Gasteiger partial charge in [-0.15, -0.1) is 0 Å². The largest absolute Gasteiger partial charge is 0.493 e. The Balaban J connectivity index is 3.05. The summed E-state index contributed by atoms with van der Waals surface area (Å²) in [6.07, 6.45) is 2.37. The van der Waals surface area contributed by atoms with Gasteiger partial charge in [0.2, 0.25) is 0 Å². The van der Waals surface area contributed by atoms with E-state index in [1.54, 1.807) is 19.2 Å². The summed E-state index contributed by atoms with van der Waals surface area (Å²) >= 11 is 3.43. The number of nitrogens with zero attached hydrogens (tertiary/aromatic N) is 1. The van der Waals surface area contributed by atoms with E-state index >= 15 is 0 Å². The minimum absolute atomic E-state index is 0.00211. The predicted molar refractivity (Wildman–Crippen MR) is 95.0 cm³/mol. The Labute approximate surface area is 150 Å². The number of carbonyl (C=O) groups is 1. The van der Waals surface area contributed by atoms with Crippen molar-refractivity contribution in [2.45, 2.75) is 13.3 Å². The highest BCUT2D eigenvalue weighted by atomic mass is 79.9. The maximum absolute atomic E-state index is 12.0. The molecule has 0 heterocycles. The molecule has 1 N–H and O–H groups in total. The number of rotatable bonds is 9. The SMILES string of the molecule is CCCOc1c(Br)cc(/C=C(\C#N)C(=O)NCCOC)cc1OC. The molecule has 1 aromatic rings. The molecular weight excluding hydrogens is 376 g/mol. The Morgan fingerprint density at radius 1 is 1.38 bits per heavy atom. The molecule has 1 rings (SSSR count). The monoisotopic (exact) mass is 396 g/mol. The second-order valence-electron chi connectivity index (χ2n) is 4.80. The van der Waals surface area contributed by atoms with Crippen molar-refractivity contribution in [1.29, 1.82) is 5.26 Å². The molecule has 0 radical (unpaired) electrons. The first-order valence-corrected chi connectivity index (χ1v) is 8.25. The molecule has 0 spiro atoms. The zero-order chi connectivity index (χ0) is 17.9. The third kappa shape index (κ3) is 5.87. The summed E-state index contributed by atoms with van der Waals surface area (Å²) in [5.74, 6) is 0.677. The normalized spacial score (nSPS) is 10.9. The Bertz CT molecular complexity index is 638. The minimum Gasteiger partial charge on any atom is -0.493 e. The van der Waals surface area contributed by atoms with E-state index in [0.717, 1.165) is 6.42 Å². The van der Waals surface area contributed by atoms with Crippen LogP contribution < -0.4 is 14.8 Å². The maximum atomic E-state index is 12.0. The number of ether oxygens (including phenoxy) is 3. The first-order valence-electron chi connectivity index (χ1n) is 7.46. The quantitative estimate of drug-likeness (QED) is 0.394. The molecular formula is C17H21BrN2O4. The lowest BCUT2D eigenvalue weighted by Gasteiger charge is -2.13. The molecule has 0 atom stereocenters. The van der Waals surface area contributed by atoms with Gasteiger partial charge < -0.3 is 19.5 Å². The Morgan fingerprint density at radius 2 is 2.12 bits per heavy atom. The van der Waals surface area contributed by atoms with Crippen molar-refractivity contribution in [3.63, 3.8) is 0 Å². The molecule has 0 aliphatic carbocycles. The lowest BCUT2D eigenvalue weighted by Crippen LogP contribution is -2.27. The van der Waals surface area contributed by atoms with Gasteiger partial charge in [-0.25, -0.2) is 0 Å². The average molecular weight is 397 g/mol. The highest BCUT2D eigenvalue weighted by Crippen LogP contribution is 2.37. The van der Waals surface area contributed by atoms with Gasteiger partial charge >= 0.3 is 0 Å². The number of hydrogen-bond acceptors (Lipinski definition) is 5. The van der Waals surface area contributed by atoms with Crippen LogP contribution in [-0.2, 0) is 9.53 Å². The van der Waals surface area contributed by atoms with Gasteiger partial charge in [0, 0.05) is 13.7 Å². The van der Waals surface area contributed by atoms with Gasteiger partial charge in [0.25, 0.3) is 5.91 Å². The third-order valence-corrected chi connectivity index (χ3v) is 3.56. The fraction of sp³-hybridized carbons (Fsp3) is 0.412. The van der Waals surface area contributed by atoms with Gasteiger partial charge in [-0.05, 0) is 46.1 Å². The smallest absolute Gasteiger partial charge is 0.262 e. The molecule has 7 heteroatoms. The molecule has 0 aliphatic rings. The van der Waals surface area contributed by atoms with Crippen molar-refractivity contribution in [1.82, 2.24) is 5.32 Å². The number of halogens is 1. The van der Waals surface area contributed by atoms with Gasteiger partial charge in [0.1, 0.15) is 11.6 Å². The van der Waals surface area contributed by atoms with Crippen LogP contribution in [0.3, 0.4) is 0 Å². The molecule has 24 heavy (non-hydrogen) atoms. The van der Waals surface area contributed by atoms with Crippen LogP contribution in [0.15, 0.2) is 22.2 Å². The van der Waals surface area contributed by atoms with Crippen molar-refractivity contribution in [2.75, 3.05) is 34.0 Å². The van der Waals surface area contributed by atoms with Crippen LogP contribution in [0.25, 0.3) is 6.08 Å². The van der Waals surface area contributed by atoms with E-state index in [1.807, 2.05) is 13.0 Å². The summed E-state index contributed by atoms with van der Waals surface area (Å²) in [7, 11) is 3.08. The van der Waals surface area contributed by atoms with E-state index in [4.69, 9.17) is 14.2 Å². The number of carbonyl (C=O) groups excluding carboxylic acids is 1. The van der Waals surface area contributed by atoms with E-state index < -0.39 is 5.91 Å². The number of nitriles is 1. The summed E-state index contributed by atoms with van der Waals surface area (Å²) in [6, 6.07) is 5.39. The summed E-state index contributed by atoms with van der Waals surface area (Å²) < 4.78 is 16.5. The molecule has 1 aromatic carbocycles. The summed E-state index contributed by atoms with van der Waals surface area (Å²) in [4.78, 5) is 12.0. The third-order valence-electron chi connectivity index (χ3n) is 2.97. The molecule has 0 aliphatic heterocycles. The molecule has 0 fully saturated rings. The van der Waals surface area contributed by atoms with Crippen LogP contribution in [0.2, 0.25) is 0 Å². The van der Waals surface area contributed by atoms with Crippen LogP contribution in [0.5, 0.6) is 11.5 Å². The van der Waals surface area contributed by atoms with E-state index in [9.17, 15) is 10.1 Å².